The Morgan fingerprint density at radius 2 is 1.86 bits per heavy atom. The average Bonchev–Trinajstić information content (AvgIpc) is 3.04. The predicted molar refractivity (Wildman–Crippen MR) is 100 cm³/mol. The highest BCUT2D eigenvalue weighted by Crippen LogP contribution is 2.35. The lowest BCUT2D eigenvalue weighted by molar-refractivity contribution is 0.0953. The molecule has 142 valence electrons. The summed E-state index contributed by atoms with van der Waals surface area (Å²) in [6.45, 7) is -0.0737. The lowest BCUT2D eigenvalue weighted by atomic mass is 9.99. The number of amides is 1. The highest BCUT2D eigenvalue weighted by molar-refractivity contribution is 6.45. The molecule has 0 saturated heterocycles. The SMILES string of the molecule is CNC(=O)c1nc2n(n1)-c1ccc(Cl)c(Cl)c1C(c1c(F)cccc1F)=NC2. The predicted octanol–water partition coefficient (Wildman–Crippen LogP) is 3.56. The number of aromatic nitrogens is 3. The van der Waals surface area contributed by atoms with E-state index in [4.69, 9.17) is 23.2 Å². The Hall–Kier alpha value is -2.84. The molecule has 3 aromatic rings. The number of carbonyl (C=O) groups is 1. The topological polar surface area (TPSA) is 72.2 Å². The van der Waals surface area contributed by atoms with Gasteiger partial charge in [-0.05, 0) is 24.3 Å². The number of rotatable bonds is 2. The summed E-state index contributed by atoms with van der Waals surface area (Å²) in [5, 5.41) is 6.88. The maximum Gasteiger partial charge on any atom is 0.290 e. The first-order chi connectivity index (χ1) is 13.4. The molecule has 0 unspecified atom stereocenters. The molecule has 1 amide bonds. The number of fused-ring (bicyclic) bond motifs is 3. The summed E-state index contributed by atoms with van der Waals surface area (Å²) < 4.78 is 30.3. The third-order valence-electron chi connectivity index (χ3n) is 4.22. The van der Waals surface area contributed by atoms with Gasteiger partial charge in [0.15, 0.2) is 5.82 Å². The van der Waals surface area contributed by atoms with Gasteiger partial charge in [0.05, 0.1) is 33.6 Å². The van der Waals surface area contributed by atoms with E-state index in [1.165, 1.54) is 23.9 Å². The van der Waals surface area contributed by atoms with Crippen LogP contribution in [0.1, 0.15) is 27.6 Å². The van der Waals surface area contributed by atoms with Crippen LogP contribution in [0.15, 0.2) is 35.3 Å². The Bertz CT molecular complexity index is 1140. The quantitative estimate of drug-likeness (QED) is 0.687. The van der Waals surface area contributed by atoms with Crippen LogP contribution < -0.4 is 5.32 Å². The zero-order valence-electron chi connectivity index (χ0n) is 14.3. The van der Waals surface area contributed by atoms with Gasteiger partial charge in [-0.25, -0.2) is 18.4 Å². The number of aliphatic imine (C=N–C) groups is 1. The van der Waals surface area contributed by atoms with E-state index in [-0.39, 0.29) is 39.3 Å². The maximum absolute atomic E-state index is 14.5. The summed E-state index contributed by atoms with van der Waals surface area (Å²) in [6.07, 6.45) is 0. The molecule has 1 aromatic heterocycles. The van der Waals surface area contributed by atoms with Crippen molar-refractivity contribution in [2.75, 3.05) is 7.05 Å². The van der Waals surface area contributed by atoms with Crippen molar-refractivity contribution in [3.63, 3.8) is 0 Å². The number of hydrogen-bond donors (Lipinski definition) is 1. The first-order valence-electron chi connectivity index (χ1n) is 8.08. The van der Waals surface area contributed by atoms with Crippen LogP contribution in [0.4, 0.5) is 8.78 Å². The number of nitrogens with zero attached hydrogens (tertiary/aromatic N) is 4. The van der Waals surface area contributed by atoms with Crippen LogP contribution in [0.3, 0.4) is 0 Å². The molecule has 0 atom stereocenters. The van der Waals surface area contributed by atoms with E-state index in [1.54, 1.807) is 6.07 Å². The van der Waals surface area contributed by atoms with Gasteiger partial charge in [0, 0.05) is 12.6 Å². The van der Waals surface area contributed by atoms with Crippen molar-refractivity contribution in [3.05, 3.63) is 74.8 Å². The van der Waals surface area contributed by atoms with Crippen molar-refractivity contribution < 1.29 is 13.6 Å². The van der Waals surface area contributed by atoms with Crippen LogP contribution in [-0.4, -0.2) is 33.4 Å². The first kappa shape index (κ1) is 18.5. The zero-order chi connectivity index (χ0) is 20.0. The molecular weight excluding hydrogens is 411 g/mol. The molecule has 0 aliphatic carbocycles. The van der Waals surface area contributed by atoms with Gasteiger partial charge in [-0.2, -0.15) is 0 Å². The molecule has 4 rings (SSSR count). The number of nitrogens with one attached hydrogen (secondary N) is 1. The van der Waals surface area contributed by atoms with Gasteiger partial charge >= 0.3 is 0 Å². The third kappa shape index (κ3) is 2.85. The molecule has 1 N–H and O–H groups in total. The smallest absolute Gasteiger partial charge is 0.290 e. The monoisotopic (exact) mass is 421 g/mol. The van der Waals surface area contributed by atoms with Gasteiger partial charge in [-0.1, -0.05) is 29.3 Å². The Balaban J connectivity index is 2.02. The minimum Gasteiger partial charge on any atom is -0.352 e. The second-order valence-corrected chi connectivity index (χ2v) is 6.64. The largest absolute Gasteiger partial charge is 0.352 e. The Kier molecular flexibility index (Phi) is 4.60. The Labute approximate surface area is 167 Å². The van der Waals surface area contributed by atoms with Crippen LogP contribution in [-0.2, 0) is 6.54 Å². The number of hydrogen-bond acceptors (Lipinski definition) is 4. The molecular formula is C18H11Cl2F2N5O. The van der Waals surface area contributed by atoms with Gasteiger partial charge in [0.2, 0.25) is 5.82 Å². The van der Waals surface area contributed by atoms with Crippen LogP contribution in [0, 0.1) is 11.6 Å². The summed E-state index contributed by atoms with van der Waals surface area (Å²) >= 11 is 12.6. The highest BCUT2D eigenvalue weighted by Gasteiger charge is 2.29. The standard InChI is InChI=1S/C18H11Cl2F2N5O/c1-23-18(28)17-25-12-7-24-16(13-9(21)3-2-4-10(13)22)14-11(27(12)26-17)6-5-8(19)15(14)20/h2-6H,7H2,1H3,(H,23,28). The molecule has 0 spiro atoms. The molecule has 0 bridgehead atoms. The van der Waals surface area contributed by atoms with Crippen molar-refractivity contribution in [1.82, 2.24) is 20.1 Å². The number of halogens is 4. The van der Waals surface area contributed by atoms with Gasteiger partial charge < -0.3 is 5.32 Å². The van der Waals surface area contributed by atoms with Crippen LogP contribution >= 0.6 is 23.2 Å². The van der Waals surface area contributed by atoms with E-state index in [2.05, 4.69) is 20.4 Å². The molecule has 28 heavy (non-hydrogen) atoms. The van der Waals surface area contributed by atoms with Gasteiger partial charge in [-0.15, -0.1) is 5.10 Å². The van der Waals surface area contributed by atoms with E-state index in [1.807, 2.05) is 0 Å². The lowest BCUT2D eigenvalue weighted by Crippen LogP contribution is -2.20. The minimum atomic E-state index is -0.792. The molecule has 6 nitrogen and oxygen atoms in total. The summed E-state index contributed by atoms with van der Waals surface area (Å²) in [5.74, 6) is -1.82. The van der Waals surface area contributed by atoms with Crippen molar-refractivity contribution >= 4 is 34.8 Å². The third-order valence-corrected chi connectivity index (χ3v) is 5.02. The maximum atomic E-state index is 14.5. The van der Waals surface area contributed by atoms with E-state index in [0.29, 0.717) is 11.5 Å². The second-order valence-electron chi connectivity index (χ2n) is 5.86. The van der Waals surface area contributed by atoms with Crippen molar-refractivity contribution in [2.45, 2.75) is 6.54 Å². The van der Waals surface area contributed by atoms with E-state index in [9.17, 15) is 13.6 Å². The molecule has 2 aromatic carbocycles. The van der Waals surface area contributed by atoms with Crippen molar-refractivity contribution in [3.8, 4) is 5.69 Å². The summed E-state index contributed by atoms with van der Waals surface area (Å²) in [5.41, 5.74) is 0.216. The molecule has 1 aliphatic heterocycles. The fourth-order valence-corrected chi connectivity index (χ4v) is 3.35. The molecule has 0 radical (unpaired) electrons. The fourth-order valence-electron chi connectivity index (χ4n) is 2.95. The van der Waals surface area contributed by atoms with Crippen LogP contribution in [0.2, 0.25) is 10.0 Å². The molecule has 0 saturated carbocycles. The lowest BCUT2D eigenvalue weighted by Gasteiger charge is -2.14. The normalized spacial score (nSPS) is 12.7. The van der Waals surface area contributed by atoms with Crippen LogP contribution in [0.25, 0.3) is 5.69 Å². The summed E-state index contributed by atoms with van der Waals surface area (Å²) in [7, 11) is 1.45. The van der Waals surface area contributed by atoms with Gasteiger partial charge in [0.25, 0.3) is 5.91 Å². The molecule has 0 fully saturated rings. The summed E-state index contributed by atoms with van der Waals surface area (Å²) in [4.78, 5) is 20.4. The average molecular weight is 422 g/mol. The van der Waals surface area contributed by atoms with E-state index >= 15 is 0 Å². The van der Waals surface area contributed by atoms with E-state index in [0.717, 1.165) is 12.1 Å². The molecule has 10 heteroatoms. The Morgan fingerprint density at radius 3 is 2.54 bits per heavy atom. The highest BCUT2D eigenvalue weighted by atomic mass is 35.5. The van der Waals surface area contributed by atoms with Crippen molar-refractivity contribution in [1.29, 1.82) is 0 Å². The summed E-state index contributed by atoms with van der Waals surface area (Å²) in [6, 6.07) is 6.62. The first-order valence-corrected chi connectivity index (χ1v) is 8.83. The molecule has 1 aliphatic rings. The minimum absolute atomic E-state index is 0.00751. The molecule has 2 heterocycles. The van der Waals surface area contributed by atoms with Crippen LogP contribution in [0.5, 0.6) is 0 Å². The second kappa shape index (κ2) is 6.96. The number of carbonyl (C=O) groups excluding carboxylic acids is 1. The van der Waals surface area contributed by atoms with E-state index < -0.39 is 17.5 Å². The van der Waals surface area contributed by atoms with Crippen molar-refractivity contribution in [2.24, 2.45) is 4.99 Å². The number of benzene rings is 2. The zero-order valence-corrected chi connectivity index (χ0v) is 15.8. The van der Waals surface area contributed by atoms with Gasteiger partial charge in [0.1, 0.15) is 11.6 Å². The van der Waals surface area contributed by atoms with Gasteiger partial charge in [-0.3, -0.25) is 9.79 Å². The fraction of sp³-hybridized carbons (Fsp3) is 0.111. The Morgan fingerprint density at radius 1 is 1.14 bits per heavy atom.